The molecular weight excluding hydrogens is 354 g/mol. The third-order valence-electron chi connectivity index (χ3n) is 4.71. The molecule has 0 spiro atoms. The molecule has 0 amide bonds. The van der Waals surface area contributed by atoms with E-state index in [1.165, 1.54) is 18.2 Å². The molecule has 2 nitrogen and oxygen atoms in total. The van der Waals surface area contributed by atoms with Gasteiger partial charge < -0.3 is 0 Å². The molecule has 0 bridgehead atoms. The van der Waals surface area contributed by atoms with Crippen molar-refractivity contribution in [1.82, 2.24) is 10.2 Å². The normalized spacial score (nSPS) is 10.8. The Bertz CT molecular complexity index is 1090. The van der Waals surface area contributed by atoms with E-state index in [0.29, 0.717) is 28.9 Å². The van der Waals surface area contributed by atoms with Crippen molar-refractivity contribution in [2.75, 3.05) is 0 Å². The summed E-state index contributed by atoms with van der Waals surface area (Å²) in [5.41, 5.74) is 4.11. The highest BCUT2D eigenvalue weighted by molar-refractivity contribution is 5.86. The first kappa shape index (κ1) is 18.0. The van der Waals surface area contributed by atoms with Crippen LogP contribution in [0.15, 0.2) is 78.9 Å². The second kappa shape index (κ2) is 7.69. The number of rotatable bonds is 4. The van der Waals surface area contributed by atoms with Crippen LogP contribution < -0.4 is 0 Å². The van der Waals surface area contributed by atoms with E-state index in [1.807, 2.05) is 67.6 Å². The number of hydrogen-bond acceptors (Lipinski definition) is 2. The van der Waals surface area contributed by atoms with Crippen LogP contribution >= 0.6 is 0 Å². The monoisotopic (exact) mass is 372 g/mol. The molecule has 0 N–H and O–H groups in total. The first-order valence-electron chi connectivity index (χ1n) is 9.05. The number of nitrogens with zero attached hydrogens (tertiary/aromatic N) is 2. The number of hydrogen-bond donors (Lipinski definition) is 0. The minimum atomic E-state index is -0.612. The van der Waals surface area contributed by atoms with Crippen molar-refractivity contribution in [3.8, 4) is 22.3 Å². The Morgan fingerprint density at radius 3 is 1.89 bits per heavy atom. The summed E-state index contributed by atoms with van der Waals surface area (Å²) in [7, 11) is 0. The summed E-state index contributed by atoms with van der Waals surface area (Å²) in [6, 6.07) is 23.2. The average molecular weight is 372 g/mol. The van der Waals surface area contributed by atoms with Gasteiger partial charge in [-0.15, -0.1) is 0 Å². The highest BCUT2D eigenvalue weighted by atomic mass is 19.1. The minimum absolute atomic E-state index is 0.0646. The quantitative estimate of drug-likeness (QED) is 0.440. The van der Waals surface area contributed by atoms with E-state index >= 15 is 0 Å². The van der Waals surface area contributed by atoms with E-state index in [0.717, 1.165) is 11.1 Å². The van der Waals surface area contributed by atoms with Gasteiger partial charge in [0.1, 0.15) is 11.6 Å². The van der Waals surface area contributed by atoms with E-state index in [1.54, 1.807) is 0 Å². The smallest absolute Gasteiger partial charge is 0.134 e. The largest absolute Gasteiger partial charge is 0.206 e. The first-order valence-corrected chi connectivity index (χ1v) is 9.05. The lowest BCUT2D eigenvalue weighted by Crippen LogP contribution is -2.06. The second-order valence-electron chi connectivity index (χ2n) is 6.61. The van der Waals surface area contributed by atoms with Crippen molar-refractivity contribution in [2.24, 2.45) is 0 Å². The lowest BCUT2D eigenvalue weighted by molar-refractivity contribution is 0.589. The van der Waals surface area contributed by atoms with Crippen LogP contribution in [0.2, 0.25) is 0 Å². The third kappa shape index (κ3) is 3.41. The van der Waals surface area contributed by atoms with Crippen LogP contribution in [-0.2, 0) is 6.42 Å². The Hall–Kier alpha value is -3.40. The molecule has 4 rings (SSSR count). The maximum Gasteiger partial charge on any atom is 0.134 e. The standard InChI is InChI=1S/C24H18F2N2/c1-16-22(18-11-6-3-7-12-18)24(23-19(25)13-8-14-20(23)26)21(28-27-16)15-17-9-4-2-5-10-17/h2-14H,15H2,1H3. The summed E-state index contributed by atoms with van der Waals surface area (Å²) in [6.45, 7) is 1.81. The molecule has 0 fully saturated rings. The molecule has 0 radical (unpaired) electrons. The molecular formula is C24H18F2N2. The van der Waals surface area contributed by atoms with Gasteiger partial charge in [0.05, 0.1) is 17.0 Å². The van der Waals surface area contributed by atoms with Crippen molar-refractivity contribution < 1.29 is 8.78 Å². The van der Waals surface area contributed by atoms with Gasteiger partial charge in [0.15, 0.2) is 0 Å². The lowest BCUT2D eigenvalue weighted by atomic mass is 9.90. The number of aryl methyl sites for hydroxylation is 1. The molecule has 138 valence electrons. The molecule has 1 aromatic heterocycles. The summed E-state index contributed by atoms with van der Waals surface area (Å²) >= 11 is 0. The van der Waals surface area contributed by atoms with Crippen molar-refractivity contribution in [2.45, 2.75) is 13.3 Å². The zero-order valence-corrected chi connectivity index (χ0v) is 15.4. The Balaban J connectivity index is 2.03. The molecule has 4 heteroatoms. The van der Waals surface area contributed by atoms with Crippen LogP contribution in [-0.4, -0.2) is 10.2 Å². The highest BCUT2D eigenvalue weighted by Gasteiger charge is 2.23. The SMILES string of the molecule is Cc1nnc(Cc2ccccc2)c(-c2c(F)cccc2F)c1-c1ccccc1. The summed E-state index contributed by atoms with van der Waals surface area (Å²) in [6.07, 6.45) is 0.428. The van der Waals surface area contributed by atoms with Crippen LogP contribution in [0.25, 0.3) is 22.3 Å². The maximum atomic E-state index is 14.8. The van der Waals surface area contributed by atoms with Gasteiger partial charge in [0.25, 0.3) is 0 Å². The van der Waals surface area contributed by atoms with Crippen LogP contribution in [0.5, 0.6) is 0 Å². The fraction of sp³-hybridized carbons (Fsp3) is 0.0833. The first-order chi connectivity index (χ1) is 13.6. The number of benzene rings is 3. The van der Waals surface area contributed by atoms with Crippen LogP contribution in [0.3, 0.4) is 0 Å². The van der Waals surface area contributed by atoms with Gasteiger partial charge in [-0.1, -0.05) is 66.7 Å². The molecule has 0 aliphatic carbocycles. The lowest BCUT2D eigenvalue weighted by Gasteiger charge is -2.17. The molecule has 0 aliphatic rings. The molecule has 0 saturated heterocycles. The van der Waals surface area contributed by atoms with E-state index < -0.39 is 11.6 Å². The molecule has 4 aromatic rings. The summed E-state index contributed by atoms with van der Waals surface area (Å²) in [5, 5.41) is 8.64. The zero-order chi connectivity index (χ0) is 19.5. The number of aromatic nitrogens is 2. The second-order valence-corrected chi connectivity index (χ2v) is 6.61. The van der Waals surface area contributed by atoms with E-state index in [4.69, 9.17) is 0 Å². The van der Waals surface area contributed by atoms with Gasteiger partial charge in [0, 0.05) is 17.5 Å². The van der Waals surface area contributed by atoms with Gasteiger partial charge in [0.2, 0.25) is 0 Å². The van der Waals surface area contributed by atoms with Crippen molar-refractivity contribution >= 4 is 0 Å². The van der Waals surface area contributed by atoms with Gasteiger partial charge in [-0.05, 0) is 30.2 Å². The molecule has 0 aliphatic heterocycles. The van der Waals surface area contributed by atoms with E-state index in [-0.39, 0.29) is 5.56 Å². The van der Waals surface area contributed by atoms with E-state index in [9.17, 15) is 8.78 Å². The zero-order valence-electron chi connectivity index (χ0n) is 15.4. The molecule has 3 aromatic carbocycles. The minimum Gasteiger partial charge on any atom is -0.206 e. The van der Waals surface area contributed by atoms with Crippen molar-refractivity contribution in [1.29, 1.82) is 0 Å². The highest BCUT2D eigenvalue weighted by Crippen LogP contribution is 2.38. The van der Waals surface area contributed by atoms with Crippen LogP contribution in [0.4, 0.5) is 8.78 Å². The Morgan fingerprint density at radius 1 is 0.643 bits per heavy atom. The van der Waals surface area contributed by atoms with Gasteiger partial charge >= 0.3 is 0 Å². The van der Waals surface area contributed by atoms with Gasteiger partial charge in [-0.2, -0.15) is 10.2 Å². The average Bonchev–Trinajstić information content (AvgIpc) is 2.71. The van der Waals surface area contributed by atoms with Gasteiger partial charge in [-0.3, -0.25) is 0 Å². The fourth-order valence-corrected chi connectivity index (χ4v) is 3.44. The van der Waals surface area contributed by atoms with Gasteiger partial charge in [-0.25, -0.2) is 8.78 Å². The molecule has 0 saturated carbocycles. The predicted molar refractivity (Wildman–Crippen MR) is 107 cm³/mol. The van der Waals surface area contributed by atoms with Crippen LogP contribution in [0, 0.1) is 18.6 Å². The van der Waals surface area contributed by atoms with Crippen LogP contribution in [0.1, 0.15) is 17.0 Å². The van der Waals surface area contributed by atoms with Crippen molar-refractivity contribution in [3.05, 3.63) is 107 Å². The molecule has 0 unspecified atom stereocenters. The fourth-order valence-electron chi connectivity index (χ4n) is 3.44. The summed E-state index contributed by atoms with van der Waals surface area (Å²) in [4.78, 5) is 0. The number of halogens is 2. The Kier molecular flexibility index (Phi) is 4.94. The predicted octanol–water partition coefficient (Wildman–Crippen LogP) is 5.99. The third-order valence-corrected chi connectivity index (χ3v) is 4.71. The molecule has 1 heterocycles. The topological polar surface area (TPSA) is 25.8 Å². The summed E-state index contributed by atoms with van der Waals surface area (Å²) in [5.74, 6) is -1.22. The van der Waals surface area contributed by atoms with E-state index in [2.05, 4.69) is 10.2 Å². The van der Waals surface area contributed by atoms with Crippen molar-refractivity contribution in [3.63, 3.8) is 0 Å². The summed E-state index contributed by atoms with van der Waals surface area (Å²) < 4.78 is 29.6. The molecule has 28 heavy (non-hydrogen) atoms. The Labute approximate surface area is 162 Å². The maximum absolute atomic E-state index is 14.8. The molecule has 0 atom stereocenters. The Morgan fingerprint density at radius 2 is 1.25 bits per heavy atom.